The first-order chi connectivity index (χ1) is 13.8. The lowest BCUT2D eigenvalue weighted by molar-refractivity contribution is -0.153. The van der Waals surface area contributed by atoms with E-state index in [1.165, 1.54) is 44.9 Å². The molecule has 0 saturated heterocycles. The fraction of sp³-hybridized carbons (Fsp3) is 0.920. The number of carbonyl (C=O) groups is 2. The molecule has 0 spiro atoms. The summed E-state index contributed by atoms with van der Waals surface area (Å²) in [4.78, 5) is 23.7. The minimum Gasteiger partial charge on any atom is -0.466 e. The molecule has 0 aromatic carbocycles. The summed E-state index contributed by atoms with van der Waals surface area (Å²) in [5.41, 5.74) is 0. The summed E-state index contributed by atoms with van der Waals surface area (Å²) in [5.74, 6) is 1.18. The highest BCUT2D eigenvalue weighted by atomic mass is 16.5. The van der Waals surface area contributed by atoms with Crippen LogP contribution in [0.5, 0.6) is 0 Å². The van der Waals surface area contributed by atoms with Crippen molar-refractivity contribution in [2.75, 3.05) is 13.2 Å². The number of hydrogen-bond acceptors (Lipinski definition) is 4. The normalized spacial score (nSPS) is 13.5. The number of esters is 2. The van der Waals surface area contributed by atoms with E-state index < -0.39 is 0 Å². The average molecular weight is 413 g/mol. The standard InChI is InChI=1S/C25H48O4/c1-7-28-23(26)19-17-15-13-11-9-10-12-14-16-18-22(20(3)4)24(21(5)6)25(27)29-8-2/h20-22,24H,7-19H2,1-6H3. The zero-order valence-corrected chi connectivity index (χ0v) is 20.1. The van der Waals surface area contributed by atoms with Crippen molar-refractivity contribution in [2.45, 2.75) is 112 Å². The second-order valence-electron chi connectivity index (χ2n) is 8.96. The van der Waals surface area contributed by atoms with E-state index in [2.05, 4.69) is 27.7 Å². The molecular weight excluding hydrogens is 364 g/mol. The van der Waals surface area contributed by atoms with E-state index in [1.807, 2.05) is 13.8 Å². The fourth-order valence-electron chi connectivity index (χ4n) is 4.23. The Kier molecular flexibility index (Phi) is 17.1. The molecular formula is C25H48O4. The highest BCUT2D eigenvalue weighted by molar-refractivity contribution is 5.73. The number of hydrogen-bond donors (Lipinski definition) is 0. The number of ether oxygens (including phenoxy) is 2. The number of unbranched alkanes of at least 4 members (excludes halogenated alkanes) is 8. The van der Waals surface area contributed by atoms with E-state index in [1.54, 1.807) is 0 Å². The van der Waals surface area contributed by atoms with Crippen molar-refractivity contribution in [3.8, 4) is 0 Å². The predicted octanol–water partition coefficient (Wildman–Crippen LogP) is 6.95. The first-order valence-corrected chi connectivity index (χ1v) is 12.2. The molecule has 0 aromatic heterocycles. The van der Waals surface area contributed by atoms with Crippen molar-refractivity contribution in [1.29, 1.82) is 0 Å². The molecule has 2 atom stereocenters. The Bertz CT molecular complexity index is 417. The van der Waals surface area contributed by atoms with Crippen molar-refractivity contribution in [1.82, 2.24) is 0 Å². The fourth-order valence-corrected chi connectivity index (χ4v) is 4.23. The Morgan fingerprint density at radius 1 is 0.655 bits per heavy atom. The molecule has 0 aliphatic rings. The van der Waals surface area contributed by atoms with Gasteiger partial charge in [-0.1, -0.05) is 79.1 Å². The molecule has 0 bridgehead atoms. The van der Waals surface area contributed by atoms with Gasteiger partial charge in [-0.05, 0) is 44.4 Å². The Morgan fingerprint density at radius 2 is 1.14 bits per heavy atom. The molecule has 0 heterocycles. The monoisotopic (exact) mass is 412 g/mol. The Morgan fingerprint density at radius 3 is 1.59 bits per heavy atom. The van der Waals surface area contributed by atoms with Crippen LogP contribution in [0.2, 0.25) is 0 Å². The molecule has 0 rings (SSSR count). The van der Waals surface area contributed by atoms with Gasteiger partial charge in [-0.25, -0.2) is 0 Å². The molecule has 0 aliphatic carbocycles. The molecule has 0 amide bonds. The lowest BCUT2D eigenvalue weighted by Crippen LogP contribution is -2.33. The van der Waals surface area contributed by atoms with E-state index in [-0.39, 0.29) is 17.9 Å². The molecule has 172 valence electrons. The average Bonchev–Trinajstić information content (AvgIpc) is 2.64. The maximum atomic E-state index is 12.4. The molecule has 0 saturated carbocycles. The summed E-state index contributed by atoms with van der Waals surface area (Å²) in [5, 5.41) is 0. The molecule has 29 heavy (non-hydrogen) atoms. The molecule has 0 fully saturated rings. The Hall–Kier alpha value is -1.06. The third-order valence-corrected chi connectivity index (χ3v) is 5.82. The van der Waals surface area contributed by atoms with Gasteiger partial charge in [-0.15, -0.1) is 0 Å². The second-order valence-corrected chi connectivity index (χ2v) is 8.96. The van der Waals surface area contributed by atoms with Crippen LogP contribution in [0.3, 0.4) is 0 Å². The third-order valence-electron chi connectivity index (χ3n) is 5.82. The van der Waals surface area contributed by atoms with Gasteiger partial charge in [0.05, 0.1) is 19.1 Å². The van der Waals surface area contributed by atoms with Gasteiger partial charge < -0.3 is 9.47 Å². The predicted molar refractivity (Wildman–Crippen MR) is 121 cm³/mol. The lowest BCUT2D eigenvalue weighted by Gasteiger charge is -2.31. The smallest absolute Gasteiger partial charge is 0.309 e. The third kappa shape index (κ3) is 13.7. The maximum Gasteiger partial charge on any atom is 0.309 e. The SMILES string of the molecule is CCOC(=O)CCCCCCCCCCCC(C(C)C)C(C(=O)OCC)C(C)C. The largest absolute Gasteiger partial charge is 0.466 e. The van der Waals surface area contributed by atoms with Crippen LogP contribution in [-0.2, 0) is 19.1 Å². The summed E-state index contributed by atoms with van der Waals surface area (Å²) < 4.78 is 10.3. The summed E-state index contributed by atoms with van der Waals surface area (Å²) in [7, 11) is 0. The molecule has 4 heteroatoms. The molecule has 0 N–H and O–H groups in total. The zero-order chi connectivity index (χ0) is 22.1. The van der Waals surface area contributed by atoms with Crippen molar-refractivity contribution >= 4 is 11.9 Å². The van der Waals surface area contributed by atoms with Crippen LogP contribution in [0.25, 0.3) is 0 Å². The van der Waals surface area contributed by atoms with Crippen LogP contribution in [-0.4, -0.2) is 25.2 Å². The van der Waals surface area contributed by atoms with E-state index in [0.717, 1.165) is 19.3 Å². The van der Waals surface area contributed by atoms with Gasteiger partial charge in [0, 0.05) is 6.42 Å². The Labute approximate surface area is 180 Å². The number of carbonyl (C=O) groups excluding carboxylic acids is 2. The summed E-state index contributed by atoms with van der Waals surface area (Å²) in [6.07, 6.45) is 12.5. The molecule has 0 aromatic rings. The molecule has 2 unspecified atom stereocenters. The first-order valence-electron chi connectivity index (χ1n) is 12.2. The van der Waals surface area contributed by atoms with Crippen LogP contribution >= 0.6 is 0 Å². The van der Waals surface area contributed by atoms with Gasteiger partial charge in [-0.2, -0.15) is 0 Å². The van der Waals surface area contributed by atoms with Gasteiger partial charge in [0.1, 0.15) is 0 Å². The van der Waals surface area contributed by atoms with Crippen molar-refractivity contribution in [3.63, 3.8) is 0 Å². The second kappa shape index (κ2) is 17.8. The van der Waals surface area contributed by atoms with E-state index in [9.17, 15) is 9.59 Å². The Balaban J connectivity index is 3.92. The van der Waals surface area contributed by atoms with Crippen molar-refractivity contribution < 1.29 is 19.1 Å². The van der Waals surface area contributed by atoms with Gasteiger partial charge in [0.25, 0.3) is 0 Å². The van der Waals surface area contributed by atoms with Gasteiger partial charge in [0.2, 0.25) is 0 Å². The minimum atomic E-state index is -0.0603. The van der Waals surface area contributed by atoms with Crippen molar-refractivity contribution in [2.24, 2.45) is 23.7 Å². The van der Waals surface area contributed by atoms with Crippen LogP contribution in [0.4, 0.5) is 0 Å². The van der Waals surface area contributed by atoms with Crippen LogP contribution in [0.1, 0.15) is 112 Å². The first kappa shape index (κ1) is 27.9. The topological polar surface area (TPSA) is 52.6 Å². The van der Waals surface area contributed by atoms with Crippen LogP contribution in [0.15, 0.2) is 0 Å². The quantitative estimate of drug-likeness (QED) is 0.180. The van der Waals surface area contributed by atoms with Crippen LogP contribution < -0.4 is 0 Å². The van der Waals surface area contributed by atoms with E-state index in [4.69, 9.17) is 9.47 Å². The minimum absolute atomic E-state index is 0.0100. The van der Waals surface area contributed by atoms with Gasteiger partial charge >= 0.3 is 11.9 Å². The molecule has 0 aliphatic heterocycles. The summed E-state index contributed by atoms with van der Waals surface area (Å²) in [6.45, 7) is 13.5. The summed E-state index contributed by atoms with van der Waals surface area (Å²) >= 11 is 0. The van der Waals surface area contributed by atoms with Crippen molar-refractivity contribution in [3.05, 3.63) is 0 Å². The summed E-state index contributed by atoms with van der Waals surface area (Å²) in [6, 6.07) is 0. The van der Waals surface area contributed by atoms with E-state index in [0.29, 0.717) is 37.4 Å². The number of rotatable bonds is 18. The molecule has 4 nitrogen and oxygen atoms in total. The van der Waals surface area contributed by atoms with Gasteiger partial charge in [0.15, 0.2) is 0 Å². The highest BCUT2D eigenvalue weighted by Crippen LogP contribution is 2.33. The van der Waals surface area contributed by atoms with Crippen LogP contribution in [0, 0.1) is 23.7 Å². The van der Waals surface area contributed by atoms with E-state index >= 15 is 0 Å². The highest BCUT2D eigenvalue weighted by Gasteiger charge is 2.33. The molecule has 0 radical (unpaired) electrons. The van der Waals surface area contributed by atoms with Gasteiger partial charge in [-0.3, -0.25) is 9.59 Å². The maximum absolute atomic E-state index is 12.4. The lowest BCUT2D eigenvalue weighted by atomic mass is 9.74. The zero-order valence-electron chi connectivity index (χ0n) is 20.1.